The van der Waals surface area contributed by atoms with Crippen LogP contribution in [0.3, 0.4) is 0 Å². The number of rotatable bonds is 3. The van der Waals surface area contributed by atoms with Crippen LogP contribution in [0.4, 0.5) is 14.5 Å². The second-order valence-electron chi connectivity index (χ2n) is 6.65. The van der Waals surface area contributed by atoms with Gasteiger partial charge in [0.2, 0.25) is 0 Å². The van der Waals surface area contributed by atoms with E-state index < -0.39 is 23.1 Å². The number of anilines is 1. The second kappa shape index (κ2) is 6.33. The van der Waals surface area contributed by atoms with Crippen molar-refractivity contribution in [2.45, 2.75) is 6.54 Å². The zero-order valence-corrected chi connectivity index (χ0v) is 15.1. The Balaban J connectivity index is 1.49. The summed E-state index contributed by atoms with van der Waals surface area (Å²) < 4.78 is 35.5. The van der Waals surface area contributed by atoms with Crippen molar-refractivity contribution >= 4 is 28.2 Å². The molecule has 1 amide bonds. The Morgan fingerprint density at radius 3 is 2.90 bits per heavy atom. The number of carbonyl (C=O) groups excluding carboxylic acids is 1. The van der Waals surface area contributed by atoms with Crippen LogP contribution in [0.15, 0.2) is 52.4 Å². The maximum Gasteiger partial charge on any atom is 0.261 e. The molecule has 2 aromatic heterocycles. The van der Waals surface area contributed by atoms with E-state index in [1.165, 1.54) is 17.1 Å². The summed E-state index contributed by atoms with van der Waals surface area (Å²) in [7, 11) is 1.57. The lowest BCUT2D eigenvalue weighted by atomic mass is 10.0. The lowest BCUT2D eigenvalue weighted by Crippen LogP contribution is -2.16. The number of hydrogen-bond acceptors (Lipinski definition) is 5. The Morgan fingerprint density at radius 2 is 2.10 bits per heavy atom. The van der Waals surface area contributed by atoms with Crippen molar-refractivity contribution in [1.82, 2.24) is 14.9 Å². The standard InChI is InChI=1S/C20H13F2N5O2/c1-27-16-5-15(21)17(18(22)14(16)8-24-27)20(28)26-12-3-2-10-6-23-19(13(10)4-12)11-7-25-29-9-11/h2-5,7-9H,6H2,1H3,(H,26,28). The summed E-state index contributed by atoms with van der Waals surface area (Å²) in [6, 6.07) is 6.29. The third-order valence-corrected chi connectivity index (χ3v) is 4.91. The zero-order valence-electron chi connectivity index (χ0n) is 15.1. The number of aliphatic imine (C=N–C) groups is 1. The van der Waals surface area contributed by atoms with E-state index in [2.05, 4.69) is 20.6 Å². The van der Waals surface area contributed by atoms with Gasteiger partial charge in [-0.05, 0) is 17.7 Å². The molecule has 1 aliphatic heterocycles. The molecule has 0 bridgehead atoms. The van der Waals surface area contributed by atoms with Gasteiger partial charge < -0.3 is 9.84 Å². The van der Waals surface area contributed by atoms with Crippen molar-refractivity contribution < 1.29 is 18.1 Å². The minimum atomic E-state index is -0.955. The second-order valence-corrected chi connectivity index (χ2v) is 6.65. The number of aryl methyl sites for hydroxylation is 1. The summed E-state index contributed by atoms with van der Waals surface area (Å²) in [6.45, 7) is 0.491. The Hall–Kier alpha value is -3.88. The first-order valence-corrected chi connectivity index (χ1v) is 8.71. The molecule has 9 heteroatoms. The van der Waals surface area contributed by atoms with Gasteiger partial charge in [-0.15, -0.1) is 0 Å². The molecule has 0 atom stereocenters. The monoisotopic (exact) mass is 393 g/mol. The van der Waals surface area contributed by atoms with Gasteiger partial charge in [0.1, 0.15) is 23.5 Å². The molecule has 3 heterocycles. The van der Waals surface area contributed by atoms with E-state index in [1.54, 1.807) is 25.4 Å². The highest BCUT2D eigenvalue weighted by atomic mass is 19.1. The van der Waals surface area contributed by atoms with Crippen LogP contribution in [-0.4, -0.2) is 26.6 Å². The van der Waals surface area contributed by atoms with Gasteiger partial charge in [0.05, 0.1) is 41.1 Å². The minimum absolute atomic E-state index is 0.0786. The lowest BCUT2D eigenvalue weighted by molar-refractivity contribution is 0.101. The first kappa shape index (κ1) is 17.2. The third kappa shape index (κ3) is 2.70. The molecule has 4 aromatic rings. The number of amides is 1. The molecular weight excluding hydrogens is 380 g/mol. The molecule has 0 radical (unpaired) electrons. The molecular formula is C20H13F2N5O2. The largest absolute Gasteiger partial charge is 0.364 e. The van der Waals surface area contributed by atoms with Crippen molar-refractivity contribution in [3.05, 3.63) is 76.8 Å². The Bertz CT molecular complexity index is 1310. The van der Waals surface area contributed by atoms with Crippen LogP contribution in [0, 0.1) is 11.6 Å². The van der Waals surface area contributed by atoms with Gasteiger partial charge in [-0.3, -0.25) is 14.5 Å². The van der Waals surface area contributed by atoms with E-state index in [4.69, 9.17) is 4.52 Å². The molecule has 144 valence electrons. The summed E-state index contributed by atoms with van der Waals surface area (Å²) in [5, 5.41) is 10.2. The van der Waals surface area contributed by atoms with Gasteiger partial charge in [-0.2, -0.15) is 5.10 Å². The van der Waals surface area contributed by atoms with E-state index in [0.29, 0.717) is 23.5 Å². The van der Waals surface area contributed by atoms with E-state index in [1.807, 2.05) is 6.07 Å². The van der Waals surface area contributed by atoms with Crippen molar-refractivity contribution in [2.75, 3.05) is 5.32 Å². The van der Waals surface area contributed by atoms with Crippen LogP contribution < -0.4 is 5.32 Å². The van der Waals surface area contributed by atoms with Crippen molar-refractivity contribution in [3.8, 4) is 0 Å². The van der Waals surface area contributed by atoms with Crippen LogP contribution >= 0.6 is 0 Å². The van der Waals surface area contributed by atoms with Crippen LogP contribution in [0.2, 0.25) is 0 Å². The third-order valence-electron chi connectivity index (χ3n) is 4.91. The van der Waals surface area contributed by atoms with Crippen LogP contribution in [-0.2, 0) is 13.6 Å². The number of hydrogen-bond donors (Lipinski definition) is 1. The Morgan fingerprint density at radius 1 is 1.24 bits per heavy atom. The molecule has 0 fully saturated rings. The van der Waals surface area contributed by atoms with E-state index >= 15 is 0 Å². The highest BCUT2D eigenvalue weighted by molar-refractivity contribution is 6.15. The number of halogens is 2. The highest BCUT2D eigenvalue weighted by Crippen LogP contribution is 2.28. The number of nitrogens with one attached hydrogen (secondary N) is 1. The molecule has 1 aliphatic rings. The van der Waals surface area contributed by atoms with Gasteiger partial charge in [0.25, 0.3) is 5.91 Å². The summed E-state index contributed by atoms with van der Waals surface area (Å²) in [4.78, 5) is 17.1. The normalized spacial score (nSPS) is 12.9. The molecule has 29 heavy (non-hydrogen) atoms. The molecule has 0 saturated heterocycles. The highest BCUT2D eigenvalue weighted by Gasteiger charge is 2.24. The quantitative estimate of drug-likeness (QED) is 0.578. The Kier molecular flexibility index (Phi) is 3.76. The predicted octanol–water partition coefficient (Wildman–Crippen LogP) is 3.44. The average Bonchev–Trinajstić information content (AvgIpc) is 3.42. The molecule has 0 aliphatic carbocycles. The Labute approximate surface area is 162 Å². The minimum Gasteiger partial charge on any atom is -0.364 e. The number of carbonyl (C=O) groups is 1. The van der Waals surface area contributed by atoms with Gasteiger partial charge >= 0.3 is 0 Å². The van der Waals surface area contributed by atoms with E-state index in [0.717, 1.165) is 17.2 Å². The van der Waals surface area contributed by atoms with Gasteiger partial charge in [-0.1, -0.05) is 11.2 Å². The van der Waals surface area contributed by atoms with Crippen LogP contribution in [0.5, 0.6) is 0 Å². The van der Waals surface area contributed by atoms with Gasteiger partial charge in [0.15, 0.2) is 0 Å². The number of aromatic nitrogens is 3. The fraction of sp³-hybridized carbons (Fsp3) is 0.100. The molecule has 0 spiro atoms. The molecule has 7 nitrogen and oxygen atoms in total. The van der Waals surface area contributed by atoms with Crippen LogP contribution in [0.25, 0.3) is 10.9 Å². The fourth-order valence-corrected chi connectivity index (χ4v) is 3.45. The maximum atomic E-state index is 14.8. The topological polar surface area (TPSA) is 85.3 Å². The zero-order chi connectivity index (χ0) is 20.1. The van der Waals surface area contributed by atoms with Crippen molar-refractivity contribution in [3.63, 3.8) is 0 Å². The summed E-state index contributed by atoms with van der Waals surface area (Å²) >= 11 is 0. The lowest BCUT2D eigenvalue weighted by Gasteiger charge is -2.10. The van der Waals surface area contributed by atoms with Crippen LogP contribution in [0.1, 0.15) is 27.0 Å². The summed E-state index contributed by atoms with van der Waals surface area (Å²) in [6.07, 6.45) is 4.29. The van der Waals surface area contributed by atoms with E-state index in [-0.39, 0.29) is 10.9 Å². The predicted molar refractivity (Wildman–Crippen MR) is 101 cm³/mol. The summed E-state index contributed by atoms with van der Waals surface area (Å²) in [5.74, 6) is -2.78. The molecule has 0 saturated carbocycles. The van der Waals surface area contributed by atoms with Gasteiger partial charge in [0, 0.05) is 24.4 Å². The SMILES string of the molecule is Cn1ncc2c(F)c(C(=O)Nc3ccc4c(c3)C(c3cnoc3)=NC4)c(F)cc21. The van der Waals surface area contributed by atoms with Gasteiger partial charge in [-0.25, -0.2) is 8.78 Å². The number of fused-ring (bicyclic) bond motifs is 2. The molecule has 2 aromatic carbocycles. The van der Waals surface area contributed by atoms with E-state index in [9.17, 15) is 13.6 Å². The maximum absolute atomic E-state index is 14.8. The first-order chi connectivity index (χ1) is 14.0. The molecule has 1 N–H and O–H groups in total. The fourth-order valence-electron chi connectivity index (χ4n) is 3.45. The molecule has 5 rings (SSSR count). The number of benzene rings is 2. The number of nitrogens with zero attached hydrogens (tertiary/aromatic N) is 4. The summed E-state index contributed by atoms with van der Waals surface area (Å²) in [5.41, 5.74) is 3.17. The average molecular weight is 393 g/mol. The van der Waals surface area contributed by atoms with Crippen molar-refractivity contribution in [2.24, 2.45) is 12.0 Å². The molecule has 0 unspecified atom stereocenters. The smallest absolute Gasteiger partial charge is 0.261 e. The van der Waals surface area contributed by atoms with Crippen molar-refractivity contribution in [1.29, 1.82) is 0 Å². The first-order valence-electron chi connectivity index (χ1n) is 8.71.